The van der Waals surface area contributed by atoms with Crippen LogP contribution in [0.3, 0.4) is 0 Å². The first-order valence-corrected chi connectivity index (χ1v) is 5.38. The lowest BCUT2D eigenvalue weighted by molar-refractivity contribution is -0.146. The molecule has 0 aromatic rings. The number of ether oxygens (including phenoxy) is 2. The van der Waals surface area contributed by atoms with Gasteiger partial charge in [-0.05, 0) is 18.8 Å². The van der Waals surface area contributed by atoms with E-state index in [9.17, 15) is 9.90 Å². The summed E-state index contributed by atoms with van der Waals surface area (Å²) in [5.74, 6) is 0.0911. The molecule has 1 saturated heterocycles. The second kappa shape index (κ2) is 5.47. The van der Waals surface area contributed by atoms with E-state index < -0.39 is 0 Å². The monoisotopic (exact) mass is 216 g/mol. The van der Waals surface area contributed by atoms with Gasteiger partial charge in [-0.1, -0.05) is 6.92 Å². The topological polar surface area (TPSA) is 55.8 Å². The van der Waals surface area contributed by atoms with Gasteiger partial charge in [0, 0.05) is 25.2 Å². The maximum absolute atomic E-state index is 11.3. The Morgan fingerprint density at radius 1 is 1.53 bits per heavy atom. The van der Waals surface area contributed by atoms with E-state index >= 15 is 0 Å². The molecule has 1 rings (SSSR count). The van der Waals surface area contributed by atoms with Gasteiger partial charge in [0.05, 0.1) is 13.5 Å². The van der Waals surface area contributed by atoms with E-state index in [1.165, 1.54) is 7.11 Å². The Labute approximate surface area is 90.6 Å². The van der Waals surface area contributed by atoms with Crippen molar-refractivity contribution in [3.63, 3.8) is 0 Å². The van der Waals surface area contributed by atoms with Crippen molar-refractivity contribution in [3.05, 3.63) is 0 Å². The van der Waals surface area contributed by atoms with Crippen LogP contribution in [0.1, 0.15) is 26.2 Å². The summed E-state index contributed by atoms with van der Waals surface area (Å²) in [6, 6.07) is 0. The van der Waals surface area contributed by atoms with E-state index in [1.54, 1.807) is 0 Å². The zero-order valence-corrected chi connectivity index (χ0v) is 9.49. The van der Waals surface area contributed by atoms with E-state index in [2.05, 4.69) is 4.74 Å². The van der Waals surface area contributed by atoms with E-state index in [1.807, 2.05) is 6.92 Å². The summed E-state index contributed by atoms with van der Waals surface area (Å²) in [6.07, 6.45) is 2.10. The predicted octanol–water partition coefficient (Wildman–Crippen LogP) is 0.975. The minimum atomic E-state index is -0.364. The van der Waals surface area contributed by atoms with Crippen molar-refractivity contribution in [1.82, 2.24) is 0 Å². The number of aliphatic hydroxyl groups is 1. The van der Waals surface area contributed by atoms with Gasteiger partial charge in [-0.3, -0.25) is 4.79 Å². The third-order valence-corrected chi connectivity index (χ3v) is 3.34. The Balaban J connectivity index is 2.60. The highest BCUT2D eigenvalue weighted by Gasteiger charge is 2.36. The van der Waals surface area contributed by atoms with Gasteiger partial charge in [0.15, 0.2) is 0 Å². The van der Waals surface area contributed by atoms with E-state index in [0.717, 1.165) is 26.1 Å². The zero-order valence-electron chi connectivity index (χ0n) is 9.49. The Hall–Kier alpha value is -0.610. The smallest absolute Gasteiger partial charge is 0.306 e. The lowest BCUT2D eigenvalue weighted by Crippen LogP contribution is -2.37. The molecule has 0 spiro atoms. The lowest BCUT2D eigenvalue weighted by Gasteiger charge is -2.37. The van der Waals surface area contributed by atoms with E-state index in [0.29, 0.717) is 5.92 Å². The van der Waals surface area contributed by atoms with Crippen LogP contribution in [0, 0.1) is 11.3 Å². The van der Waals surface area contributed by atoms with Gasteiger partial charge in [-0.2, -0.15) is 0 Å². The molecule has 0 saturated carbocycles. The van der Waals surface area contributed by atoms with Gasteiger partial charge >= 0.3 is 5.97 Å². The predicted molar refractivity (Wildman–Crippen MR) is 55.4 cm³/mol. The number of methoxy groups -OCH3 is 1. The molecule has 1 heterocycles. The van der Waals surface area contributed by atoms with Crippen LogP contribution in [0.2, 0.25) is 0 Å². The summed E-state index contributed by atoms with van der Waals surface area (Å²) >= 11 is 0. The Kier molecular flexibility index (Phi) is 4.54. The van der Waals surface area contributed by atoms with Crippen LogP contribution >= 0.6 is 0 Å². The van der Waals surface area contributed by atoms with Crippen molar-refractivity contribution in [3.8, 4) is 0 Å². The minimum Gasteiger partial charge on any atom is -0.469 e. The normalized spacial score (nSPS) is 22.1. The first-order chi connectivity index (χ1) is 7.12. The molecule has 0 radical (unpaired) electrons. The third-order valence-electron chi connectivity index (χ3n) is 3.34. The Bertz CT molecular complexity index is 211. The van der Waals surface area contributed by atoms with Crippen molar-refractivity contribution < 1.29 is 19.4 Å². The largest absolute Gasteiger partial charge is 0.469 e. The number of carbonyl (C=O) groups excluding carboxylic acids is 1. The van der Waals surface area contributed by atoms with Crippen LogP contribution in [-0.2, 0) is 14.3 Å². The number of hydrogen-bond acceptors (Lipinski definition) is 4. The number of carbonyl (C=O) groups is 1. The molecule has 0 amide bonds. The zero-order chi connectivity index (χ0) is 11.3. The molecular weight excluding hydrogens is 196 g/mol. The molecule has 1 N–H and O–H groups in total. The van der Waals surface area contributed by atoms with E-state index in [-0.39, 0.29) is 24.4 Å². The SMILES string of the molecule is COC(=O)CC(C)(CO)C1CCOCC1. The van der Waals surface area contributed by atoms with Crippen LogP contribution in [0.5, 0.6) is 0 Å². The summed E-state index contributed by atoms with van der Waals surface area (Å²) in [7, 11) is 1.38. The second-order valence-corrected chi connectivity index (χ2v) is 4.45. The van der Waals surface area contributed by atoms with Gasteiger partial charge < -0.3 is 14.6 Å². The standard InChI is InChI=1S/C11H20O4/c1-11(8-12,7-10(13)14-2)9-3-5-15-6-4-9/h9,12H,3-8H2,1-2H3. The average molecular weight is 216 g/mol. The number of hydrogen-bond donors (Lipinski definition) is 1. The summed E-state index contributed by atoms with van der Waals surface area (Å²) in [6.45, 7) is 3.41. The van der Waals surface area contributed by atoms with Gasteiger partial charge in [0.1, 0.15) is 0 Å². The van der Waals surface area contributed by atoms with Crippen molar-refractivity contribution in [2.75, 3.05) is 26.9 Å². The molecule has 15 heavy (non-hydrogen) atoms. The van der Waals surface area contributed by atoms with Crippen LogP contribution in [0.25, 0.3) is 0 Å². The minimum absolute atomic E-state index is 0.0206. The Morgan fingerprint density at radius 3 is 2.60 bits per heavy atom. The number of esters is 1. The molecule has 4 nitrogen and oxygen atoms in total. The molecule has 1 fully saturated rings. The fourth-order valence-corrected chi connectivity index (χ4v) is 2.13. The highest BCUT2D eigenvalue weighted by molar-refractivity contribution is 5.70. The highest BCUT2D eigenvalue weighted by Crippen LogP contribution is 2.37. The van der Waals surface area contributed by atoms with Gasteiger partial charge in [0.2, 0.25) is 0 Å². The average Bonchev–Trinajstić information content (AvgIpc) is 2.30. The van der Waals surface area contributed by atoms with Crippen LogP contribution < -0.4 is 0 Å². The molecule has 1 atom stereocenters. The molecule has 0 bridgehead atoms. The first-order valence-electron chi connectivity index (χ1n) is 5.38. The molecular formula is C11H20O4. The molecule has 88 valence electrons. The fourth-order valence-electron chi connectivity index (χ4n) is 2.13. The quantitative estimate of drug-likeness (QED) is 0.712. The summed E-state index contributed by atoms with van der Waals surface area (Å²) in [5, 5.41) is 9.43. The van der Waals surface area contributed by atoms with Crippen molar-refractivity contribution in [1.29, 1.82) is 0 Å². The van der Waals surface area contributed by atoms with Gasteiger partial charge in [-0.15, -0.1) is 0 Å². The first kappa shape index (κ1) is 12.5. The Morgan fingerprint density at radius 2 is 2.13 bits per heavy atom. The van der Waals surface area contributed by atoms with Crippen LogP contribution in [-0.4, -0.2) is 38.0 Å². The van der Waals surface area contributed by atoms with E-state index in [4.69, 9.17) is 4.74 Å². The second-order valence-electron chi connectivity index (χ2n) is 4.45. The maximum atomic E-state index is 11.3. The third kappa shape index (κ3) is 3.18. The molecule has 4 heteroatoms. The van der Waals surface area contributed by atoms with Crippen LogP contribution in [0.15, 0.2) is 0 Å². The van der Waals surface area contributed by atoms with Gasteiger partial charge in [0.25, 0.3) is 0 Å². The highest BCUT2D eigenvalue weighted by atomic mass is 16.5. The van der Waals surface area contributed by atoms with Crippen molar-refractivity contribution in [2.24, 2.45) is 11.3 Å². The molecule has 0 aromatic heterocycles. The number of rotatable bonds is 4. The molecule has 1 unspecified atom stereocenters. The van der Waals surface area contributed by atoms with Crippen molar-refractivity contribution >= 4 is 5.97 Å². The molecule has 0 aliphatic carbocycles. The summed E-state index contributed by atoms with van der Waals surface area (Å²) in [5.41, 5.74) is -0.364. The van der Waals surface area contributed by atoms with Crippen LogP contribution in [0.4, 0.5) is 0 Å². The fraction of sp³-hybridized carbons (Fsp3) is 0.909. The molecule has 0 aromatic carbocycles. The maximum Gasteiger partial charge on any atom is 0.306 e. The van der Waals surface area contributed by atoms with Crippen molar-refractivity contribution in [2.45, 2.75) is 26.2 Å². The summed E-state index contributed by atoms with van der Waals surface area (Å²) in [4.78, 5) is 11.3. The molecule has 1 aliphatic rings. The van der Waals surface area contributed by atoms with Gasteiger partial charge in [-0.25, -0.2) is 0 Å². The molecule has 1 aliphatic heterocycles. The lowest BCUT2D eigenvalue weighted by atomic mass is 9.71. The number of aliphatic hydroxyl groups excluding tert-OH is 1. The summed E-state index contributed by atoms with van der Waals surface area (Å²) < 4.78 is 9.93.